The Balaban J connectivity index is 0.992. The van der Waals surface area contributed by atoms with E-state index in [-0.39, 0.29) is 28.6 Å². The van der Waals surface area contributed by atoms with Crippen molar-refractivity contribution in [2.75, 3.05) is 0 Å². The van der Waals surface area contributed by atoms with Crippen LogP contribution in [0.1, 0.15) is 34.6 Å². The van der Waals surface area contributed by atoms with Crippen LogP contribution in [0.5, 0.6) is 0 Å². The molecule has 0 aliphatic rings. The molecule has 0 radical (unpaired) electrons. The largest absolute Gasteiger partial charge is 0.256 e. The fraction of sp³-hybridized carbons (Fsp3) is 0.0635. The molecule has 0 amide bonds. The first-order chi connectivity index (χ1) is 37.6. The van der Waals surface area contributed by atoms with E-state index in [4.69, 9.17) is 6.35 Å². The highest BCUT2D eigenvalue weighted by molar-refractivity contribution is 6.14. The number of fused-ring (bicyclic) bond motifs is 6. The maximum absolute atomic E-state index is 9.70. The molecule has 7 aromatic carbocycles. The quantitative estimate of drug-likeness (QED) is 0.114. The third-order valence-electron chi connectivity index (χ3n) is 12.3. The number of nitrogens with zero attached hydrogens (tertiary/aromatic N) is 6. The summed E-state index contributed by atoms with van der Waals surface area (Å²) in [5.41, 5.74) is 10.5. The number of benzene rings is 7. The predicted octanol–water partition coefficient (Wildman–Crippen LogP) is 14.8. The molecule has 0 aliphatic heterocycles. The van der Waals surface area contributed by atoms with E-state index in [1.807, 2.05) is 91.0 Å². The molecule has 0 fully saturated rings. The minimum absolute atomic E-state index is 0.0489. The molecule has 0 unspecified atom stereocenters. The zero-order valence-electron chi connectivity index (χ0n) is 46.0. The van der Waals surface area contributed by atoms with Crippen molar-refractivity contribution in [2.45, 2.75) is 25.5 Å². The van der Waals surface area contributed by atoms with Crippen LogP contribution in [-0.4, -0.2) is 29.5 Å². The lowest BCUT2D eigenvalue weighted by molar-refractivity contribution is 0.931. The average Bonchev–Trinajstić information content (AvgIpc) is 4.08. The summed E-state index contributed by atoms with van der Waals surface area (Å²) >= 11 is 0. The Bertz CT molecular complexity index is 4070. The van der Waals surface area contributed by atoms with E-state index in [1.54, 1.807) is 59.5 Å². The summed E-state index contributed by atoms with van der Waals surface area (Å²) < 4.78 is 87.1. The van der Waals surface area contributed by atoms with Crippen molar-refractivity contribution in [1.29, 1.82) is 0 Å². The van der Waals surface area contributed by atoms with Crippen LogP contribution < -0.4 is 0 Å². The van der Waals surface area contributed by atoms with E-state index in [0.717, 1.165) is 38.8 Å². The summed E-state index contributed by atoms with van der Waals surface area (Å²) in [6, 6.07) is 61.8. The molecule has 5 aromatic heterocycles. The second kappa shape index (κ2) is 18.4. The minimum Gasteiger partial charge on any atom is -0.256 e. The molecule has 6 nitrogen and oxygen atoms in total. The van der Waals surface area contributed by atoms with Crippen molar-refractivity contribution in [3.63, 3.8) is 0 Å². The van der Waals surface area contributed by atoms with Crippen LogP contribution in [0.4, 0.5) is 0 Å². The first kappa shape index (κ1) is 32.7. The van der Waals surface area contributed by atoms with Gasteiger partial charge in [-0.05, 0) is 123 Å². The SMILES string of the molecule is [2H]c1nc2c3cc(-c4ccccc4-c4cc(C([2H])([2H])C([2H])([2H])c5ccc(-c6ccccn6)cc5)cc(C([2H])([2H])C([2H])([2H])c5ccc(-c6ccccn6)cc5)c4)ccc3c3nccc(-c4ccc(-c5ccccc5)cc4)c3n2n1. The maximum Gasteiger partial charge on any atom is 0.163 e. The van der Waals surface area contributed by atoms with E-state index < -0.39 is 25.5 Å². The lowest BCUT2D eigenvalue weighted by Gasteiger charge is -2.16. The van der Waals surface area contributed by atoms with E-state index in [9.17, 15) is 11.0 Å². The van der Waals surface area contributed by atoms with Gasteiger partial charge in [0.25, 0.3) is 0 Å². The highest BCUT2D eigenvalue weighted by Gasteiger charge is 2.18. The van der Waals surface area contributed by atoms with Gasteiger partial charge in [0.15, 0.2) is 5.65 Å². The molecule has 0 N–H and O–H groups in total. The molecule has 0 saturated heterocycles. The van der Waals surface area contributed by atoms with E-state index in [2.05, 4.69) is 56.4 Å². The highest BCUT2D eigenvalue weighted by atomic mass is 15.3. The molecule has 0 aliphatic carbocycles. The Kier molecular flexibility index (Phi) is 8.74. The Morgan fingerprint density at radius 3 is 1.52 bits per heavy atom. The van der Waals surface area contributed by atoms with Gasteiger partial charge < -0.3 is 0 Å². The van der Waals surface area contributed by atoms with Crippen LogP contribution in [0.25, 0.3) is 94.5 Å². The molecule has 6 heteroatoms. The number of hydrogen-bond acceptors (Lipinski definition) is 5. The number of pyridine rings is 4. The standard InChI is InChI=1S/C63H46N6/c1-2-10-47(11-3-1)48-28-30-49(31-29-48)56-34-37-66-61-57-33-32-52(41-58(57)63-67-42-68-69(63)62(56)61)54-12-4-5-13-55(54)53-39-45(18-16-43-20-24-50(25-21-43)59-14-6-8-35-64-59)38-46(40-53)19-17-44-22-26-51(27-23-44)60-15-7-9-36-65-60/h1-15,20-42H,16-19H2/i16D2,17D2,18D2,19D2,42D. The number of aryl methyl sites for hydroxylation is 4. The molecule has 0 spiro atoms. The second-order valence-corrected chi connectivity index (χ2v) is 16.6. The normalized spacial score (nSPS) is 14.2. The summed E-state index contributed by atoms with van der Waals surface area (Å²) in [7, 11) is 0. The lowest BCUT2D eigenvalue weighted by Crippen LogP contribution is -1.98. The Labute approximate surface area is 414 Å². The van der Waals surface area contributed by atoms with Crippen LogP contribution in [0, 0.1) is 0 Å². The van der Waals surface area contributed by atoms with Crippen LogP contribution in [0.3, 0.4) is 0 Å². The highest BCUT2D eigenvalue weighted by Crippen LogP contribution is 2.39. The van der Waals surface area contributed by atoms with Gasteiger partial charge in [-0.1, -0.05) is 170 Å². The van der Waals surface area contributed by atoms with Gasteiger partial charge >= 0.3 is 0 Å². The van der Waals surface area contributed by atoms with Gasteiger partial charge in [-0.25, -0.2) is 9.50 Å². The van der Waals surface area contributed by atoms with Gasteiger partial charge in [0.1, 0.15) is 13.2 Å². The summed E-state index contributed by atoms with van der Waals surface area (Å²) in [6.45, 7) is 0. The van der Waals surface area contributed by atoms with E-state index in [0.29, 0.717) is 55.7 Å². The second-order valence-electron chi connectivity index (χ2n) is 16.6. The molecular formula is C63H46N6. The van der Waals surface area contributed by atoms with Crippen LogP contribution >= 0.6 is 0 Å². The first-order valence-corrected chi connectivity index (χ1v) is 22.6. The third kappa shape index (κ3) is 8.45. The monoisotopic (exact) mass is 895 g/mol. The van der Waals surface area contributed by atoms with Crippen molar-refractivity contribution in [3.8, 4) is 67.0 Å². The smallest absolute Gasteiger partial charge is 0.163 e. The van der Waals surface area contributed by atoms with E-state index in [1.165, 1.54) is 42.5 Å². The van der Waals surface area contributed by atoms with Crippen molar-refractivity contribution in [3.05, 3.63) is 253 Å². The fourth-order valence-electron chi connectivity index (χ4n) is 8.93. The minimum atomic E-state index is -2.81. The molecule has 328 valence electrons. The molecule has 5 heterocycles. The van der Waals surface area contributed by atoms with Gasteiger partial charge in [-0.3, -0.25) is 15.0 Å². The molecule has 12 rings (SSSR count). The summed E-state index contributed by atoms with van der Waals surface area (Å²) in [4.78, 5) is 18.3. The molecule has 0 bridgehead atoms. The van der Waals surface area contributed by atoms with Crippen molar-refractivity contribution < 1.29 is 12.3 Å². The number of rotatable bonds is 12. The van der Waals surface area contributed by atoms with E-state index >= 15 is 0 Å². The number of aromatic nitrogens is 6. The van der Waals surface area contributed by atoms with Gasteiger partial charge in [-0.2, -0.15) is 5.10 Å². The zero-order chi connectivity index (χ0) is 54.0. The van der Waals surface area contributed by atoms with Gasteiger partial charge in [-0.15, -0.1) is 0 Å². The van der Waals surface area contributed by atoms with Crippen LogP contribution in [0.15, 0.2) is 231 Å². The summed E-state index contributed by atoms with van der Waals surface area (Å²) in [5.74, 6) is 0. The van der Waals surface area contributed by atoms with Crippen molar-refractivity contribution in [1.82, 2.24) is 29.5 Å². The van der Waals surface area contributed by atoms with Crippen molar-refractivity contribution >= 4 is 27.5 Å². The van der Waals surface area contributed by atoms with Gasteiger partial charge in [0, 0.05) is 57.0 Å². The molecular weight excluding hydrogens is 841 g/mol. The average molecular weight is 896 g/mol. The molecule has 0 atom stereocenters. The van der Waals surface area contributed by atoms with Gasteiger partial charge in [0.05, 0.1) is 16.9 Å². The Morgan fingerprint density at radius 1 is 0.362 bits per heavy atom. The summed E-state index contributed by atoms with van der Waals surface area (Å²) in [5, 5.41) is 6.02. The Hall–Kier alpha value is -8.87. The van der Waals surface area contributed by atoms with Crippen molar-refractivity contribution in [2.24, 2.45) is 0 Å². The zero-order valence-corrected chi connectivity index (χ0v) is 37.0. The topological polar surface area (TPSA) is 68.9 Å². The van der Waals surface area contributed by atoms with Crippen LogP contribution in [0.2, 0.25) is 0 Å². The molecule has 0 saturated carbocycles. The Morgan fingerprint density at radius 2 is 0.899 bits per heavy atom. The van der Waals surface area contributed by atoms with Crippen LogP contribution in [-0.2, 0) is 25.5 Å². The summed E-state index contributed by atoms with van der Waals surface area (Å²) in [6.07, 6.45) is -6.07. The van der Waals surface area contributed by atoms with Gasteiger partial charge in [0.2, 0.25) is 0 Å². The molecule has 12 aromatic rings. The fourth-order valence-corrected chi connectivity index (χ4v) is 8.93. The third-order valence-corrected chi connectivity index (χ3v) is 12.3. The molecule has 69 heavy (non-hydrogen) atoms. The number of hydrogen-bond donors (Lipinski definition) is 0. The predicted molar refractivity (Wildman–Crippen MR) is 282 cm³/mol. The first-order valence-electron chi connectivity index (χ1n) is 27.1. The lowest BCUT2D eigenvalue weighted by atomic mass is 9.89. The maximum atomic E-state index is 9.70.